The highest BCUT2D eigenvalue weighted by molar-refractivity contribution is 5.44. The fourth-order valence-corrected chi connectivity index (χ4v) is 5.12. The summed E-state index contributed by atoms with van der Waals surface area (Å²) in [6, 6.07) is 23.2. The molecule has 2 nitrogen and oxygen atoms in total. The predicted octanol–water partition coefficient (Wildman–Crippen LogP) is 6.40. The van der Waals surface area contributed by atoms with E-state index in [-0.39, 0.29) is 0 Å². The number of fused-ring (bicyclic) bond motifs is 1. The fraction of sp³-hybridized carbons (Fsp3) is 0.333. The fourth-order valence-electron chi connectivity index (χ4n) is 5.12. The van der Waals surface area contributed by atoms with E-state index in [1.54, 1.807) is 7.11 Å². The van der Waals surface area contributed by atoms with Crippen molar-refractivity contribution in [3.05, 3.63) is 94.5 Å². The van der Waals surface area contributed by atoms with Gasteiger partial charge in [0.15, 0.2) is 0 Å². The first-order chi connectivity index (χ1) is 14.1. The quantitative estimate of drug-likeness (QED) is 0.549. The zero-order valence-corrected chi connectivity index (χ0v) is 17.6. The lowest BCUT2D eigenvalue weighted by Gasteiger charge is -2.40. The standard InChI is InChI=1S/C27H30O2/c1-4-24-25(19-9-12-22(28)13-10-19)16-21-11-14-23(29-3)17-26(21)27(24)15-20-8-6-5-7-18(20)2/h5-14,17,24-25,27-28H,4,15-16H2,1-3H3. The van der Waals surface area contributed by atoms with Crippen LogP contribution >= 0.6 is 0 Å². The van der Waals surface area contributed by atoms with E-state index in [2.05, 4.69) is 68.4 Å². The monoisotopic (exact) mass is 386 g/mol. The smallest absolute Gasteiger partial charge is 0.119 e. The van der Waals surface area contributed by atoms with Crippen molar-refractivity contribution in [2.45, 2.75) is 44.9 Å². The third kappa shape index (κ3) is 3.89. The lowest BCUT2D eigenvalue weighted by Crippen LogP contribution is -2.29. The Bertz CT molecular complexity index is 974. The number of aromatic hydroxyl groups is 1. The molecular weight excluding hydrogens is 356 g/mol. The van der Waals surface area contributed by atoms with Gasteiger partial charge in [0.1, 0.15) is 11.5 Å². The maximum atomic E-state index is 9.76. The summed E-state index contributed by atoms with van der Waals surface area (Å²) in [7, 11) is 1.75. The van der Waals surface area contributed by atoms with E-state index in [1.807, 2.05) is 12.1 Å². The van der Waals surface area contributed by atoms with Gasteiger partial charge in [-0.05, 0) is 89.6 Å². The molecule has 3 aromatic carbocycles. The molecule has 0 saturated heterocycles. The van der Waals surface area contributed by atoms with E-state index in [4.69, 9.17) is 4.74 Å². The second-order valence-electron chi connectivity index (χ2n) is 8.28. The van der Waals surface area contributed by atoms with Gasteiger partial charge in [-0.2, -0.15) is 0 Å². The summed E-state index contributed by atoms with van der Waals surface area (Å²) in [4.78, 5) is 0. The van der Waals surface area contributed by atoms with E-state index >= 15 is 0 Å². The average Bonchev–Trinajstić information content (AvgIpc) is 2.75. The SMILES string of the molecule is CCC1C(c2ccc(O)cc2)Cc2ccc(OC)cc2C1Cc1ccccc1C. The van der Waals surface area contributed by atoms with Gasteiger partial charge in [-0.25, -0.2) is 0 Å². The molecule has 0 aromatic heterocycles. The van der Waals surface area contributed by atoms with Gasteiger partial charge in [-0.3, -0.25) is 0 Å². The maximum absolute atomic E-state index is 9.76. The number of hydrogen-bond donors (Lipinski definition) is 1. The molecule has 3 atom stereocenters. The molecule has 0 radical (unpaired) electrons. The van der Waals surface area contributed by atoms with Crippen LogP contribution in [-0.2, 0) is 12.8 Å². The van der Waals surface area contributed by atoms with Crippen molar-refractivity contribution in [2.75, 3.05) is 7.11 Å². The predicted molar refractivity (Wildman–Crippen MR) is 119 cm³/mol. The first kappa shape index (κ1) is 19.6. The van der Waals surface area contributed by atoms with Crippen molar-refractivity contribution in [3.8, 4) is 11.5 Å². The lowest BCUT2D eigenvalue weighted by molar-refractivity contribution is 0.310. The van der Waals surface area contributed by atoms with Gasteiger partial charge in [0.2, 0.25) is 0 Å². The van der Waals surface area contributed by atoms with Crippen molar-refractivity contribution in [1.82, 2.24) is 0 Å². The molecule has 1 aliphatic rings. The molecule has 0 heterocycles. The third-order valence-electron chi connectivity index (χ3n) is 6.72. The van der Waals surface area contributed by atoms with Crippen LogP contribution in [0, 0.1) is 12.8 Å². The van der Waals surface area contributed by atoms with Crippen LogP contribution in [0.2, 0.25) is 0 Å². The van der Waals surface area contributed by atoms with Crippen LogP contribution < -0.4 is 4.74 Å². The number of phenols is 1. The summed E-state index contributed by atoms with van der Waals surface area (Å²) in [5.74, 6) is 2.71. The molecule has 0 fully saturated rings. The minimum absolute atomic E-state index is 0.333. The Morgan fingerprint density at radius 1 is 1.00 bits per heavy atom. The zero-order valence-electron chi connectivity index (χ0n) is 17.6. The molecule has 0 spiro atoms. The molecule has 0 amide bonds. The number of benzene rings is 3. The van der Waals surface area contributed by atoms with Crippen LogP contribution in [0.25, 0.3) is 0 Å². The van der Waals surface area contributed by atoms with Gasteiger partial charge < -0.3 is 9.84 Å². The summed E-state index contributed by atoms with van der Waals surface area (Å²) in [5, 5.41) is 9.76. The Labute approximate surface area is 174 Å². The van der Waals surface area contributed by atoms with Crippen LogP contribution in [0.4, 0.5) is 0 Å². The number of methoxy groups -OCH3 is 1. The van der Waals surface area contributed by atoms with Crippen LogP contribution in [-0.4, -0.2) is 12.2 Å². The van der Waals surface area contributed by atoms with Crippen molar-refractivity contribution >= 4 is 0 Å². The molecule has 29 heavy (non-hydrogen) atoms. The number of phenolic OH excluding ortho intramolecular Hbond substituents is 1. The Morgan fingerprint density at radius 3 is 2.45 bits per heavy atom. The summed E-state index contributed by atoms with van der Waals surface area (Å²) >= 11 is 0. The summed E-state index contributed by atoms with van der Waals surface area (Å²) in [6.07, 6.45) is 3.20. The highest BCUT2D eigenvalue weighted by Gasteiger charge is 2.36. The molecule has 3 aromatic rings. The molecule has 0 aliphatic heterocycles. The first-order valence-corrected chi connectivity index (χ1v) is 10.6. The van der Waals surface area contributed by atoms with Crippen LogP contribution in [0.5, 0.6) is 11.5 Å². The normalized spacial score (nSPS) is 20.9. The lowest BCUT2D eigenvalue weighted by atomic mass is 9.64. The van der Waals surface area contributed by atoms with E-state index in [0.717, 1.165) is 25.0 Å². The molecule has 4 rings (SSSR count). The summed E-state index contributed by atoms with van der Waals surface area (Å²) < 4.78 is 5.57. The van der Waals surface area contributed by atoms with Crippen molar-refractivity contribution in [3.63, 3.8) is 0 Å². The van der Waals surface area contributed by atoms with Crippen LogP contribution in [0.3, 0.4) is 0 Å². The minimum atomic E-state index is 0.333. The molecule has 3 unspecified atom stereocenters. The number of hydrogen-bond acceptors (Lipinski definition) is 2. The number of ether oxygens (including phenoxy) is 1. The largest absolute Gasteiger partial charge is 0.508 e. The Hall–Kier alpha value is -2.74. The van der Waals surface area contributed by atoms with E-state index in [0.29, 0.717) is 23.5 Å². The van der Waals surface area contributed by atoms with Gasteiger partial charge in [0, 0.05) is 0 Å². The molecule has 0 saturated carbocycles. The Kier molecular flexibility index (Phi) is 5.62. The maximum Gasteiger partial charge on any atom is 0.119 e. The number of rotatable bonds is 5. The second-order valence-corrected chi connectivity index (χ2v) is 8.28. The molecule has 0 bridgehead atoms. The van der Waals surface area contributed by atoms with E-state index in [1.165, 1.54) is 27.8 Å². The molecule has 150 valence electrons. The highest BCUT2D eigenvalue weighted by atomic mass is 16.5. The average molecular weight is 387 g/mol. The molecule has 1 N–H and O–H groups in total. The van der Waals surface area contributed by atoms with Crippen molar-refractivity contribution < 1.29 is 9.84 Å². The van der Waals surface area contributed by atoms with Gasteiger partial charge >= 0.3 is 0 Å². The van der Waals surface area contributed by atoms with Gasteiger partial charge in [-0.1, -0.05) is 55.8 Å². The van der Waals surface area contributed by atoms with Crippen molar-refractivity contribution in [1.29, 1.82) is 0 Å². The van der Waals surface area contributed by atoms with Gasteiger partial charge in [-0.15, -0.1) is 0 Å². The van der Waals surface area contributed by atoms with E-state index in [9.17, 15) is 5.11 Å². The Balaban J connectivity index is 1.80. The van der Waals surface area contributed by atoms with E-state index < -0.39 is 0 Å². The highest BCUT2D eigenvalue weighted by Crippen LogP contribution is 2.48. The summed E-state index contributed by atoms with van der Waals surface area (Å²) in [5.41, 5.74) is 6.97. The Morgan fingerprint density at radius 2 is 1.76 bits per heavy atom. The first-order valence-electron chi connectivity index (χ1n) is 10.6. The van der Waals surface area contributed by atoms with Gasteiger partial charge in [0.05, 0.1) is 7.11 Å². The third-order valence-corrected chi connectivity index (χ3v) is 6.72. The van der Waals surface area contributed by atoms with Crippen molar-refractivity contribution in [2.24, 2.45) is 5.92 Å². The number of aryl methyl sites for hydroxylation is 1. The topological polar surface area (TPSA) is 29.5 Å². The second kappa shape index (κ2) is 8.32. The zero-order chi connectivity index (χ0) is 20.4. The van der Waals surface area contributed by atoms with Gasteiger partial charge in [0.25, 0.3) is 0 Å². The minimum Gasteiger partial charge on any atom is -0.508 e. The van der Waals surface area contributed by atoms with Crippen LogP contribution in [0.15, 0.2) is 66.7 Å². The van der Waals surface area contributed by atoms with Crippen LogP contribution in [0.1, 0.15) is 53.0 Å². The molecule has 1 aliphatic carbocycles. The molecule has 2 heteroatoms. The summed E-state index contributed by atoms with van der Waals surface area (Å²) in [6.45, 7) is 4.52. The molecular formula is C27H30O2.